The maximum Gasteiger partial charge on any atom is 0.00398 e. The van der Waals surface area contributed by atoms with Gasteiger partial charge in [0.25, 0.3) is 0 Å². The van der Waals surface area contributed by atoms with E-state index in [2.05, 4.69) is 53.0 Å². The van der Waals surface area contributed by atoms with Crippen LogP contribution >= 0.6 is 25.3 Å². The van der Waals surface area contributed by atoms with Crippen LogP contribution in [-0.4, -0.2) is 10.5 Å². The molecule has 0 N–H and O–H groups in total. The van der Waals surface area contributed by atoms with E-state index < -0.39 is 0 Å². The lowest BCUT2D eigenvalue weighted by atomic mass is 10.0. The SMILES string of the molecule is CC(C)C(S)CCCC(S)C(C)C. The zero-order valence-corrected chi connectivity index (χ0v) is 11.1. The molecule has 0 radical (unpaired) electrons. The first-order valence-corrected chi connectivity index (χ1v) is 6.34. The second-order valence-electron chi connectivity index (χ2n) is 4.55. The predicted octanol–water partition coefficient (Wildman–Crippen LogP) is 4.07. The average Bonchev–Trinajstić information content (AvgIpc) is 2.03. The summed E-state index contributed by atoms with van der Waals surface area (Å²) in [5, 5.41) is 1.13. The predicted molar refractivity (Wildman–Crippen MR) is 69.1 cm³/mol. The van der Waals surface area contributed by atoms with Crippen LogP contribution < -0.4 is 0 Å². The molecular weight excluding hydrogens is 196 g/mol. The highest BCUT2D eigenvalue weighted by molar-refractivity contribution is 7.81. The number of rotatable bonds is 6. The second-order valence-corrected chi connectivity index (χ2v) is 5.88. The highest BCUT2D eigenvalue weighted by Crippen LogP contribution is 2.20. The van der Waals surface area contributed by atoms with E-state index in [0.717, 1.165) is 0 Å². The Hall–Kier alpha value is 0.700. The molecule has 0 aliphatic rings. The summed E-state index contributed by atoms with van der Waals surface area (Å²) in [7, 11) is 0. The Balaban J connectivity index is 3.45. The van der Waals surface area contributed by atoms with Crippen molar-refractivity contribution in [3.05, 3.63) is 0 Å². The molecule has 0 aliphatic heterocycles. The number of thiol groups is 2. The Bertz CT molecular complexity index is 107. The van der Waals surface area contributed by atoms with Crippen LogP contribution in [0, 0.1) is 11.8 Å². The fourth-order valence-corrected chi connectivity index (χ4v) is 1.57. The van der Waals surface area contributed by atoms with Crippen LogP contribution in [0.5, 0.6) is 0 Å². The van der Waals surface area contributed by atoms with Crippen LogP contribution in [0.4, 0.5) is 0 Å². The lowest BCUT2D eigenvalue weighted by Crippen LogP contribution is -2.11. The average molecular weight is 220 g/mol. The van der Waals surface area contributed by atoms with Gasteiger partial charge < -0.3 is 0 Å². The molecule has 0 amide bonds. The van der Waals surface area contributed by atoms with Crippen molar-refractivity contribution in [2.75, 3.05) is 0 Å². The van der Waals surface area contributed by atoms with Gasteiger partial charge in [-0.25, -0.2) is 0 Å². The maximum absolute atomic E-state index is 4.55. The van der Waals surface area contributed by atoms with Crippen LogP contribution in [0.3, 0.4) is 0 Å². The maximum atomic E-state index is 4.55. The van der Waals surface area contributed by atoms with E-state index in [-0.39, 0.29) is 0 Å². The third-order valence-corrected chi connectivity index (χ3v) is 4.25. The van der Waals surface area contributed by atoms with Gasteiger partial charge in [0.1, 0.15) is 0 Å². The van der Waals surface area contributed by atoms with Crippen LogP contribution in [0.25, 0.3) is 0 Å². The van der Waals surface area contributed by atoms with Crippen LogP contribution in [0.2, 0.25) is 0 Å². The fourth-order valence-electron chi connectivity index (χ4n) is 1.20. The van der Waals surface area contributed by atoms with Crippen molar-refractivity contribution < 1.29 is 0 Å². The van der Waals surface area contributed by atoms with Gasteiger partial charge in [-0.2, -0.15) is 25.3 Å². The number of hydrogen-bond donors (Lipinski definition) is 2. The summed E-state index contributed by atoms with van der Waals surface area (Å²) in [5.74, 6) is 1.39. The summed E-state index contributed by atoms with van der Waals surface area (Å²) < 4.78 is 0. The molecule has 0 bridgehead atoms. The Kier molecular flexibility index (Phi) is 7.43. The van der Waals surface area contributed by atoms with Gasteiger partial charge in [0.05, 0.1) is 0 Å². The first-order valence-electron chi connectivity index (χ1n) is 5.31. The Morgan fingerprint density at radius 1 is 0.769 bits per heavy atom. The molecule has 0 saturated carbocycles. The third kappa shape index (κ3) is 6.73. The van der Waals surface area contributed by atoms with E-state index in [0.29, 0.717) is 22.3 Å². The van der Waals surface area contributed by atoms with Crippen molar-refractivity contribution in [2.24, 2.45) is 11.8 Å². The highest BCUT2D eigenvalue weighted by Gasteiger charge is 2.11. The van der Waals surface area contributed by atoms with E-state index in [9.17, 15) is 0 Å². The lowest BCUT2D eigenvalue weighted by molar-refractivity contribution is 0.507. The number of hydrogen-bond acceptors (Lipinski definition) is 2. The Labute approximate surface area is 94.7 Å². The van der Waals surface area contributed by atoms with E-state index in [1.165, 1.54) is 19.3 Å². The molecule has 0 heterocycles. The molecule has 0 aromatic heterocycles. The van der Waals surface area contributed by atoms with Crippen molar-refractivity contribution in [3.63, 3.8) is 0 Å². The Morgan fingerprint density at radius 3 is 1.31 bits per heavy atom. The highest BCUT2D eigenvalue weighted by atomic mass is 32.1. The fraction of sp³-hybridized carbons (Fsp3) is 1.00. The summed E-state index contributed by atoms with van der Waals surface area (Å²) >= 11 is 9.11. The molecule has 2 atom stereocenters. The van der Waals surface area contributed by atoms with E-state index in [1.807, 2.05) is 0 Å². The van der Waals surface area contributed by atoms with E-state index in [1.54, 1.807) is 0 Å². The van der Waals surface area contributed by atoms with Crippen LogP contribution in [0.15, 0.2) is 0 Å². The minimum atomic E-state index is 0.563. The minimum Gasteiger partial charge on any atom is -0.176 e. The summed E-state index contributed by atoms with van der Waals surface area (Å²) in [5.41, 5.74) is 0. The first-order chi connectivity index (χ1) is 5.95. The zero-order chi connectivity index (χ0) is 10.4. The van der Waals surface area contributed by atoms with E-state index >= 15 is 0 Å². The molecule has 2 unspecified atom stereocenters. The van der Waals surface area contributed by atoms with Gasteiger partial charge in [0, 0.05) is 10.5 Å². The summed E-state index contributed by atoms with van der Waals surface area (Å²) in [6.45, 7) is 8.94. The standard InChI is InChI=1S/C11H24S2/c1-8(2)10(12)6-5-7-11(13)9(3)4/h8-13H,5-7H2,1-4H3. The molecular formula is C11H24S2. The second kappa shape index (κ2) is 7.05. The van der Waals surface area contributed by atoms with Crippen molar-refractivity contribution in [2.45, 2.75) is 57.5 Å². The molecule has 0 spiro atoms. The molecule has 2 heteroatoms. The van der Waals surface area contributed by atoms with Crippen molar-refractivity contribution >= 4 is 25.3 Å². The quantitative estimate of drug-likeness (QED) is 0.620. The van der Waals surface area contributed by atoms with Gasteiger partial charge in [-0.1, -0.05) is 34.1 Å². The first kappa shape index (κ1) is 13.7. The van der Waals surface area contributed by atoms with Crippen molar-refractivity contribution in [1.29, 1.82) is 0 Å². The smallest absolute Gasteiger partial charge is 0.00398 e. The molecule has 0 aliphatic carbocycles. The van der Waals surface area contributed by atoms with Gasteiger partial charge in [-0.05, 0) is 24.7 Å². The summed E-state index contributed by atoms with van der Waals surface area (Å²) in [6, 6.07) is 0. The van der Waals surface area contributed by atoms with Gasteiger partial charge in [-0.15, -0.1) is 0 Å². The van der Waals surface area contributed by atoms with Crippen molar-refractivity contribution in [3.8, 4) is 0 Å². The molecule has 0 aromatic carbocycles. The molecule has 0 saturated heterocycles. The van der Waals surface area contributed by atoms with Gasteiger partial charge >= 0.3 is 0 Å². The van der Waals surface area contributed by atoms with Crippen LogP contribution in [0.1, 0.15) is 47.0 Å². The molecule has 0 rings (SSSR count). The van der Waals surface area contributed by atoms with Gasteiger partial charge in [0.15, 0.2) is 0 Å². The molecule has 13 heavy (non-hydrogen) atoms. The van der Waals surface area contributed by atoms with Gasteiger partial charge in [0.2, 0.25) is 0 Å². The van der Waals surface area contributed by atoms with Gasteiger partial charge in [-0.3, -0.25) is 0 Å². The zero-order valence-electron chi connectivity index (χ0n) is 9.33. The Morgan fingerprint density at radius 2 is 1.08 bits per heavy atom. The third-order valence-electron chi connectivity index (χ3n) is 2.54. The molecule has 0 aromatic rings. The lowest BCUT2D eigenvalue weighted by Gasteiger charge is -2.17. The normalized spacial score (nSPS) is 16.6. The summed E-state index contributed by atoms with van der Waals surface area (Å²) in [4.78, 5) is 0. The summed E-state index contributed by atoms with van der Waals surface area (Å²) in [6.07, 6.45) is 3.72. The largest absolute Gasteiger partial charge is 0.176 e. The molecule has 0 nitrogen and oxygen atoms in total. The molecule has 80 valence electrons. The molecule has 0 fully saturated rings. The van der Waals surface area contributed by atoms with Crippen molar-refractivity contribution in [1.82, 2.24) is 0 Å². The van der Waals surface area contributed by atoms with Crippen LogP contribution in [-0.2, 0) is 0 Å². The minimum absolute atomic E-state index is 0.563. The van der Waals surface area contributed by atoms with E-state index in [4.69, 9.17) is 0 Å². The topological polar surface area (TPSA) is 0 Å². The monoisotopic (exact) mass is 220 g/mol.